The van der Waals surface area contributed by atoms with Gasteiger partial charge in [0.25, 0.3) is 5.69 Å². The molecule has 1 rings (SSSR count). The molecule has 0 spiro atoms. The van der Waals surface area contributed by atoms with Crippen molar-refractivity contribution >= 4 is 11.7 Å². The third kappa shape index (κ3) is 3.44. The van der Waals surface area contributed by atoms with Gasteiger partial charge in [0.1, 0.15) is 5.75 Å². The van der Waals surface area contributed by atoms with Crippen molar-refractivity contribution in [3.05, 3.63) is 33.9 Å². The lowest BCUT2D eigenvalue weighted by Crippen LogP contribution is -2.11. The molecule has 92 valence electrons. The maximum absolute atomic E-state index is 10.8. The molecule has 0 amide bonds. The smallest absolute Gasteiger partial charge is 0.308 e. The molecule has 0 aliphatic rings. The number of carboxylic acids is 1. The minimum absolute atomic E-state index is 0.0960. The summed E-state index contributed by atoms with van der Waals surface area (Å²) >= 11 is 0. The van der Waals surface area contributed by atoms with Crippen LogP contribution in [0.3, 0.4) is 0 Å². The number of ether oxygens (including phenoxy) is 1. The van der Waals surface area contributed by atoms with Crippen molar-refractivity contribution in [3.63, 3.8) is 0 Å². The highest BCUT2D eigenvalue weighted by atomic mass is 16.6. The van der Waals surface area contributed by atoms with Gasteiger partial charge in [0.15, 0.2) is 0 Å². The largest absolute Gasteiger partial charge is 0.490 e. The Morgan fingerprint density at radius 2 is 2.18 bits per heavy atom. The number of nitro groups is 1. The van der Waals surface area contributed by atoms with Crippen LogP contribution in [0.1, 0.15) is 19.4 Å². The zero-order chi connectivity index (χ0) is 13.0. The molecule has 0 radical (unpaired) electrons. The summed E-state index contributed by atoms with van der Waals surface area (Å²) < 4.78 is 5.37. The van der Waals surface area contributed by atoms with Gasteiger partial charge in [0.05, 0.1) is 23.0 Å². The van der Waals surface area contributed by atoms with E-state index in [9.17, 15) is 14.9 Å². The summed E-state index contributed by atoms with van der Waals surface area (Å²) in [6.07, 6.45) is -0.608. The normalized spacial score (nSPS) is 10.3. The van der Waals surface area contributed by atoms with E-state index in [-0.39, 0.29) is 23.1 Å². The Balaban J connectivity index is 3.23. The molecule has 0 heterocycles. The van der Waals surface area contributed by atoms with Crippen LogP contribution in [-0.2, 0) is 11.2 Å². The van der Waals surface area contributed by atoms with Crippen molar-refractivity contribution in [1.29, 1.82) is 0 Å². The Morgan fingerprint density at radius 1 is 1.53 bits per heavy atom. The molecule has 0 saturated heterocycles. The topological polar surface area (TPSA) is 89.7 Å². The van der Waals surface area contributed by atoms with E-state index < -0.39 is 17.3 Å². The van der Waals surface area contributed by atoms with E-state index >= 15 is 0 Å². The summed E-state index contributed by atoms with van der Waals surface area (Å²) in [6.45, 7) is 3.53. The van der Waals surface area contributed by atoms with Crippen LogP contribution in [0.4, 0.5) is 5.69 Å². The fourth-order valence-electron chi connectivity index (χ4n) is 1.42. The quantitative estimate of drug-likeness (QED) is 0.627. The van der Waals surface area contributed by atoms with Crippen molar-refractivity contribution in [2.75, 3.05) is 0 Å². The van der Waals surface area contributed by atoms with Gasteiger partial charge in [-0.2, -0.15) is 0 Å². The van der Waals surface area contributed by atoms with E-state index in [1.165, 1.54) is 18.2 Å². The lowest BCUT2D eigenvalue weighted by atomic mass is 10.1. The second-order valence-electron chi connectivity index (χ2n) is 3.75. The van der Waals surface area contributed by atoms with Crippen LogP contribution in [-0.4, -0.2) is 22.1 Å². The van der Waals surface area contributed by atoms with E-state index in [0.717, 1.165) is 0 Å². The molecule has 0 aliphatic heterocycles. The third-order valence-electron chi connectivity index (χ3n) is 2.00. The maximum atomic E-state index is 10.8. The van der Waals surface area contributed by atoms with Gasteiger partial charge >= 0.3 is 5.97 Å². The lowest BCUT2D eigenvalue weighted by molar-refractivity contribution is -0.385. The highest BCUT2D eigenvalue weighted by Crippen LogP contribution is 2.29. The molecule has 6 nitrogen and oxygen atoms in total. The fraction of sp³-hybridized carbons (Fsp3) is 0.364. The first kappa shape index (κ1) is 13.0. The maximum Gasteiger partial charge on any atom is 0.308 e. The van der Waals surface area contributed by atoms with Crippen LogP contribution in [0.2, 0.25) is 0 Å². The van der Waals surface area contributed by atoms with Crippen molar-refractivity contribution < 1.29 is 19.6 Å². The molecule has 0 saturated carbocycles. The van der Waals surface area contributed by atoms with E-state index in [2.05, 4.69) is 0 Å². The molecule has 6 heteroatoms. The van der Waals surface area contributed by atoms with Gasteiger partial charge in [-0.15, -0.1) is 0 Å². The first-order valence-electron chi connectivity index (χ1n) is 5.06. The van der Waals surface area contributed by atoms with Gasteiger partial charge < -0.3 is 9.84 Å². The molecule has 0 unspecified atom stereocenters. The highest BCUT2D eigenvalue weighted by Gasteiger charge is 2.21. The van der Waals surface area contributed by atoms with Gasteiger partial charge in [0.2, 0.25) is 0 Å². The second-order valence-corrected chi connectivity index (χ2v) is 3.75. The standard InChI is InChI=1S/C11H13NO5/c1-7(2)17-10-5-3-4-9(12(15)16)8(10)6-11(13)14/h3-5,7H,6H2,1-2H3,(H,13,14). The SMILES string of the molecule is CC(C)Oc1cccc([N+](=O)[O-])c1CC(=O)O. The Morgan fingerprint density at radius 3 is 2.65 bits per heavy atom. The van der Waals surface area contributed by atoms with E-state index in [1.807, 2.05) is 0 Å². The lowest BCUT2D eigenvalue weighted by Gasteiger charge is -2.13. The summed E-state index contributed by atoms with van der Waals surface area (Å²) in [5.74, 6) is -0.885. The van der Waals surface area contributed by atoms with E-state index in [4.69, 9.17) is 9.84 Å². The van der Waals surface area contributed by atoms with Gasteiger partial charge in [-0.3, -0.25) is 14.9 Å². The van der Waals surface area contributed by atoms with Crippen LogP contribution in [0, 0.1) is 10.1 Å². The molecule has 0 aliphatic carbocycles. The number of nitro benzene ring substituents is 1. The predicted octanol–water partition coefficient (Wildman–Crippen LogP) is 2.01. The van der Waals surface area contributed by atoms with Crippen molar-refractivity contribution in [2.24, 2.45) is 0 Å². The Kier molecular flexibility index (Phi) is 4.03. The molecule has 0 aromatic heterocycles. The number of hydrogen-bond acceptors (Lipinski definition) is 4. The van der Waals surface area contributed by atoms with Crippen LogP contribution in [0.5, 0.6) is 5.75 Å². The zero-order valence-electron chi connectivity index (χ0n) is 9.54. The van der Waals surface area contributed by atoms with Crippen molar-refractivity contribution in [2.45, 2.75) is 26.4 Å². The zero-order valence-corrected chi connectivity index (χ0v) is 9.54. The summed E-state index contributed by atoms with van der Waals surface area (Å²) in [5, 5.41) is 19.6. The Bertz CT molecular complexity index is 441. The fourth-order valence-corrected chi connectivity index (χ4v) is 1.42. The molecule has 0 bridgehead atoms. The first-order chi connectivity index (χ1) is 7.91. The van der Waals surface area contributed by atoms with Gasteiger partial charge in [-0.25, -0.2) is 0 Å². The van der Waals surface area contributed by atoms with Crippen LogP contribution in [0.15, 0.2) is 18.2 Å². The summed E-state index contributed by atoms with van der Waals surface area (Å²) in [7, 11) is 0. The molecule has 0 fully saturated rings. The molecule has 1 aromatic rings. The first-order valence-corrected chi connectivity index (χ1v) is 5.06. The van der Waals surface area contributed by atoms with Crippen molar-refractivity contribution in [1.82, 2.24) is 0 Å². The van der Waals surface area contributed by atoms with Crippen molar-refractivity contribution in [3.8, 4) is 5.75 Å². The number of rotatable bonds is 5. The molecule has 1 aromatic carbocycles. The summed E-state index contributed by atoms with van der Waals surface area (Å²) in [5.41, 5.74) is -0.135. The minimum atomic E-state index is -1.13. The minimum Gasteiger partial charge on any atom is -0.490 e. The van der Waals surface area contributed by atoms with E-state index in [1.54, 1.807) is 13.8 Å². The van der Waals surface area contributed by atoms with Crippen LogP contribution < -0.4 is 4.74 Å². The number of carboxylic acid groups (broad SMARTS) is 1. The summed E-state index contributed by atoms with van der Waals surface area (Å²) in [4.78, 5) is 20.9. The van der Waals surface area contributed by atoms with Crippen LogP contribution in [0.25, 0.3) is 0 Å². The number of benzene rings is 1. The average Bonchev–Trinajstić information content (AvgIpc) is 2.18. The molecular weight excluding hydrogens is 226 g/mol. The molecule has 1 N–H and O–H groups in total. The van der Waals surface area contributed by atoms with Crippen LogP contribution >= 0.6 is 0 Å². The van der Waals surface area contributed by atoms with Gasteiger partial charge in [0, 0.05) is 6.07 Å². The second kappa shape index (κ2) is 5.29. The monoisotopic (exact) mass is 239 g/mol. The number of aliphatic carboxylic acids is 1. The molecule has 17 heavy (non-hydrogen) atoms. The van der Waals surface area contributed by atoms with Gasteiger partial charge in [-0.05, 0) is 19.9 Å². The predicted molar refractivity (Wildman–Crippen MR) is 60.2 cm³/mol. The average molecular weight is 239 g/mol. The third-order valence-corrected chi connectivity index (χ3v) is 2.00. The number of nitrogens with zero attached hydrogens (tertiary/aromatic N) is 1. The molecular formula is C11H13NO5. The molecule has 0 atom stereocenters. The Labute approximate surface area is 98.0 Å². The summed E-state index contributed by atoms with van der Waals surface area (Å²) in [6, 6.07) is 4.28. The number of carbonyl (C=O) groups is 1. The number of hydrogen-bond donors (Lipinski definition) is 1. The highest BCUT2D eigenvalue weighted by molar-refractivity contribution is 5.73. The Hall–Kier alpha value is -2.11. The van der Waals surface area contributed by atoms with E-state index in [0.29, 0.717) is 0 Å². The van der Waals surface area contributed by atoms with Gasteiger partial charge in [-0.1, -0.05) is 6.07 Å².